The molecule has 0 bridgehead atoms. The first kappa shape index (κ1) is 57.8. The molecule has 430 valence electrons. The molecule has 0 aliphatic carbocycles. The van der Waals surface area contributed by atoms with E-state index in [4.69, 9.17) is 36.7 Å². The molecule has 0 saturated carbocycles. The molecule has 19 heteroatoms. The highest BCUT2D eigenvalue weighted by molar-refractivity contribution is 7.71. The van der Waals surface area contributed by atoms with Crippen LogP contribution < -0.4 is 0 Å². The SMILES string of the molecule is C=C(N(C)C)n1ccc2c(-n3c(-c4ccc(O)cc4O)c[nH]c3=S)cccc21.CCCn1ccc2c(-n3c(-c4cc(CC)c(O)cc4O)c[nH]c3=S)cccc21.CCc1cc(-c2c[nH]c(=S)n2-c2cccc3c2ccn3C(C)C)c(O)cc1O. The summed E-state index contributed by atoms with van der Waals surface area (Å²) in [4.78, 5) is 11.2. The van der Waals surface area contributed by atoms with Crippen LogP contribution in [-0.4, -0.2) is 92.0 Å². The third kappa shape index (κ3) is 10.7. The average molecular weight is 1180 g/mol. The zero-order chi connectivity index (χ0) is 59.8. The van der Waals surface area contributed by atoms with Gasteiger partial charge in [0.1, 0.15) is 40.3 Å². The summed E-state index contributed by atoms with van der Waals surface area (Å²) >= 11 is 16.7. The lowest BCUT2D eigenvalue weighted by molar-refractivity contribution is 0.446. The number of hydrogen-bond acceptors (Lipinski definition) is 10. The Morgan fingerprint density at radius 3 is 1.43 bits per heavy atom. The molecule has 6 heterocycles. The van der Waals surface area contributed by atoms with Gasteiger partial charge in [0.2, 0.25) is 0 Å². The van der Waals surface area contributed by atoms with Crippen molar-refractivity contribution in [2.24, 2.45) is 0 Å². The van der Waals surface area contributed by atoms with Gasteiger partial charge in [-0.1, -0.05) is 45.5 Å². The molecule has 0 atom stereocenters. The summed E-state index contributed by atoms with van der Waals surface area (Å²) in [5, 5.41) is 64.2. The van der Waals surface area contributed by atoms with Crippen molar-refractivity contribution in [3.05, 3.63) is 184 Å². The van der Waals surface area contributed by atoms with Gasteiger partial charge in [-0.2, -0.15) is 0 Å². The van der Waals surface area contributed by atoms with Gasteiger partial charge in [0.25, 0.3) is 0 Å². The van der Waals surface area contributed by atoms with E-state index in [2.05, 4.69) is 88.1 Å². The number of fused-ring (bicyclic) bond motifs is 3. The molecule has 12 rings (SSSR count). The van der Waals surface area contributed by atoms with Gasteiger partial charge in [0.05, 0.1) is 50.7 Å². The topological polar surface area (TPSA) is 202 Å². The number of aromatic nitrogens is 9. The largest absolute Gasteiger partial charge is 0.508 e. The molecular formula is C65H66N10O6S3. The molecule has 0 fully saturated rings. The second-order valence-corrected chi connectivity index (χ2v) is 22.0. The Balaban J connectivity index is 0.000000140. The van der Waals surface area contributed by atoms with Gasteiger partial charge in [-0.25, -0.2) is 0 Å². The van der Waals surface area contributed by atoms with E-state index in [0.29, 0.717) is 55.6 Å². The molecule has 0 aliphatic rings. The maximum absolute atomic E-state index is 10.5. The molecule has 16 nitrogen and oxygen atoms in total. The number of aromatic hydroxyl groups is 6. The number of imidazole rings is 3. The Morgan fingerprint density at radius 1 is 0.512 bits per heavy atom. The predicted molar refractivity (Wildman–Crippen MR) is 344 cm³/mol. The summed E-state index contributed by atoms with van der Waals surface area (Å²) in [6, 6.07) is 35.8. The van der Waals surface area contributed by atoms with E-state index in [1.807, 2.05) is 118 Å². The van der Waals surface area contributed by atoms with Crippen LogP contribution in [0.25, 0.3) is 89.4 Å². The highest BCUT2D eigenvalue weighted by Gasteiger charge is 2.21. The van der Waals surface area contributed by atoms with Crippen LogP contribution in [0, 0.1) is 14.3 Å². The standard InChI is InChI=1S/2C22H23N3O2S.C21H20N4O2S/c1-4-14-10-16(21(27)11-20(14)26)19-12-23-22(28)25(19)18-7-5-6-17-15(18)8-9-24(17)13(2)3;1-3-9-24-10-8-15-17(24)6-5-7-18(15)25-19(13-23-22(25)28)16-11-14(4-2)20(26)12-21(16)27;1-13(23(2)3)24-10-9-15-17(24)5-4-6-18(15)25-19(12-22-21(25)28)16-8-7-14(26)11-20(16)27/h5-13,26-27H,4H2,1-3H3,(H,23,28);5-8,10-13,26-27H,3-4,9H2,1-2H3,(H,23,28);4-12,26-27H,1H2,2-3H3,(H,22,28). The van der Waals surface area contributed by atoms with Crippen molar-refractivity contribution in [2.45, 2.75) is 66.5 Å². The number of hydrogen-bond donors (Lipinski definition) is 9. The van der Waals surface area contributed by atoms with Crippen LogP contribution in [0.1, 0.15) is 58.2 Å². The maximum Gasteiger partial charge on any atom is 0.182 e. The van der Waals surface area contributed by atoms with E-state index >= 15 is 0 Å². The predicted octanol–water partition coefficient (Wildman–Crippen LogP) is 15.8. The molecule has 0 unspecified atom stereocenters. The molecule has 12 aromatic rings. The van der Waals surface area contributed by atoms with Crippen LogP contribution in [0.4, 0.5) is 0 Å². The van der Waals surface area contributed by atoms with Crippen LogP contribution >= 0.6 is 36.7 Å². The van der Waals surface area contributed by atoms with Crippen LogP contribution in [0.15, 0.2) is 159 Å². The number of aryl methyl sites for hydroxylation is 3. The molecule has 6 aromatic heterocycles. The zero-order valence-electron chi connectivity index (χ0n) is 47.6. The smallest absolute Gasteiger partial charge is 0.182 e. The molecule has 0 amide bonds. The number of H-pyrrole nitrogens is 3. The number of benzene rings is 6. The first-order chi connectivity index (χ1) is 40.3. The summed E-state index contributed by atoms with van der Waals surface area (Å²) in [5.74, 6) is 1.07. The van der Waals surface area contributed by atoms with Gasteiger partial charge < -0.3 is 64.2 Å². The highest BCUT2D eigenvalue weighted by Crippen LogP contribution is 2.41. The van der Waals surface area contributed by atoms with E-state index in [9.17, 15) is 30.6 Å². The summed E-state index contributed by atoms with van der Waals surface area (Å²) in [6.07, 6.45) is 13.9. The average Bonchev–Trinajstić information content (AvgIpc) is 2.57. The highest BCUT2D eigenvalue weighted by atomic mass is 32.1. The summed E-state index contributed by atoms with van der Waals surface area (Å²) < 4.78 is 13.9. The van der Waals surface area contributed by atoms with Crippen molar-refractivity contribution in [1.29, 1.82) is 0 Å². The van der Waals surface area contributed by atoms with Crippen LogP contribution in [-0.2, 0) is 19.4 Å². The first-order valence-corrected chi connectivity index (χ1v) is 28.8. The Bertz CT molecular complexity index is 4630. The summed E-state index contributed by atoms with van der Waals surface area (Å²) in [5.41, 5.74) is 11.7. The van der Waals surface area contributed by atoms with Crippen molar-refractivity contribution in [3.8, 4) is 85.3 Å². The minimum atomic E-state index is -0.0199. The van der Waals surface area contributed by atoms with Crippen molar-refractivity contribution in [1.82, 2.24) is 47.3 Å². The molecule has 0 aliphatic heterocycles. The fourth-order valence-corrected chi connectivity index (χ4v) is 11.6. The van der Waals surface area contributed by atoms with Crippen molar-refractivity contribution in [2.75, 3.05) is 14.1 Å². The van der Waals surface area contributed by atoms with Gasteiger partial charge in [0, 0.05) is 115 Å². The Labute approximate surface area is 500 Å². The second kappa shape index (κ2) is 23.8. The van der Waals surface area contributed by atoms with Gasteiger partial charge in [-0.3, -0.25) is 13.7 Å². The fraction of sp³-hybridized carbons (Fsp3) is 0.185. The van der Waals surface area contributed by atoms with Crippen molar-refractivity contribution >= 4 is 75.2 Å². The normalized spacial score (nSPS) is 11.3. The van der Waals surface area contributed by atoms with E-state index in [0.717, 1.165) is 91.1 Å². The number of nitrogens with zero attached hydrogens (tertiary/aromatic N) is 7. The second-order valence-electron chi connectivity index (χ2n) is 20.8. The van der Waals surface area contributed by atoms with E-state index < -0.39 is 0 Å². The Kier molecular flexibility index (Phi) is 16.4. The number of phenols is 6. The number of rotatable bonds is 13. The van der Waals surface area contributed by atoms with Gasteiger partial charge in [-0.05, 0) is 160 Å². The maximum atomic E-state index is 10.5. The number of nitrogens with one attached hydrogen (secondary N) is 3. The molecule has 0 spiro atoms. The van der Waals surface area contributed by atoms with E-state index in [-0.39, 0.29) is 34.5 Å². The van der Waals surface area contributed by atoms with E-state index in [1.54, 1.807) is 24.7 Å². The van der Waals surface area contributed by atoms with Gasteiger partial charge in [0.15, 0.2) is 14.3 Å². The Morgan fingerprint density at radius 2 is 0.952 bits per heavy atom. The van der Waals surface area contributed by atoms with Crippen LogP contribution in [0.5, 0.6) is 34.5 Å². The molecule has 84 heavy (non-hydrogen) atoms. The molecule has 6 aromatic carbocycles. The summed E-state index contributed by atoms with van der Waals surface area (Å²) in [6.45, 7) is 15.5. The van der Waals surface area contributed by atoms with Crippen molar-refractivity contribution < 1.29 is 30.6 Å². The molecular weight excluding hydrogens is 1110 g/mol. The third-order valence-electron chi connectivity index (χ3n) is 15.1. The quantitative estimate of drug-likeness (QED) is 0.0500. The molecule has 0 saturated heterocycles. The minimum Gasteiger partial charge on any atom is -0.508 e. The zero-order valence-corrected chi connectivity index (χ0v) is 50.0. The molecule has 9 N–H and O–H groups in total. The fourth-order valence-electron chi connectivity index (χ4n) is 10.8. The lowest BCUT2D eigenvalue weighted by Gasteiger charge is -2.18. The lowest BCUT2D eigenvalue weighted by atomic mass is 10.0. The van der Waals surface area contributed by atoms with Gasteiger partial charge >= 0.3 is 0 Å². The Hall–Kier alpha value is -9.43. The van der Waals surface area contributed by atoms with Crippen LogP contribution in [0.2, 0.25) is 0 Å². The van der Waals surface area contributed by atoms with E-state index in [1.165, 1.54) is 24.3 Å². The van der Waals surface area contributed by atoms with Crippen LogP contribution in [0.3, 0.4) is 0 Å². The lowest BCUT2D eigenvalue weighted by Crippen LogP contribution is -2.13. The number of phenolic OH excluding ortho intramolecular Hbond substituents is 6. The first-order valence-electron chi connectivity index (χ1n) is 27.5. The summed E-state index contributed by atoms with van der Waals surface area (Å²) in [7, 11) is 3.90. The molecule has 0 radical (unpaired) electrons. The van der Waals surface area contributed by atoms with Crippen molar-refractivity contribution in [3.63, 3.8) is 0 Å². The van der Waals surface area contributed by atoms with Gasteiger partial charge in [-0.15, -0.1) is 0 Å². The monoisotopic (exact) mass is 1180 g/mol. The third-order valence-corrected chi connectivity index (χ3v) is 16.0. The number of aromatic amines is 3. The minimum absolute atomic E-state index is 0.00306.